The van der Waals surface area contributed by atoms with Gasteiger partial charge in [0.2, 0.25) is 0 Å². The van der Waals surface area contributed by atoms with Crippen molar-refractivity contribution in [3.63, 3.8) is 0 Å². The van der Waals surface area contributed by atoms with Gasteiger partial charge in [0.05, 0.1) is 36.0 Å². The second-order valence-electron chi connectivity index (χ2n) is 5.85. The first-order valence-electron chi connectivity index (χ1n) is 8.04. The van der Waals surface area contributed by atoms with Gasteiger partial charge in [0.25, 0.3) is 0 Å². The van der Waals surface area contributed by atoms with E-state index in [0.717, 1.165) is 10.0 Å². The molecule has 0 aliphatic heterocycles. The van der Waals surface area contributed by atoms with Crippen LogP contribution in [0.5, 0.6) is 17.2 Å². The number of hydrogen-bond donors (Lipinski definition) is 2. The van der Waals surface area contributed by atoms with Gasteiger partial charge in [-0.15, -0.1) is 0 Å². The molecule has 2 rings (SSSR count). The summed E-state index contributed by atoms with van der Waals surface area (Å²) in [5.41, 5.74) is 1.73. The molecule has 2 aromatic carbocycles. The van der Waals surface area contributed by atoms with E-state index in [0.29, 0.717) is 29.5 Å². The summed E-state index contributed by atoms with van der Waals surface area (Å²) in [5, 5.41) is 12.4. The number of anilines is 1. The molecule has 0 bridgehead atoms. The number of carbonyl (C=O) groups is 1. The molecule has 0 amide bonds. The van der Waals surface area contributed by atoms with Gasteiger partial charge in [-0.1, -0.05) is 0 Å². The van der Waals surface area contributed by atoms with E-state index in [1.165, 1.54) is 6.07 Å². The molecule has 6 nitrogen and oxygen atoms in total. The molecule has 0 aliphatic rings. The molecule has 0 spiro atoms. The van der Waals surface area contributed by atoms with Crippen LogP contribution in [0.2, 0.25) is 0 Å². The Balaban J connectivity index is 2.25. The third kappa shape index (κ3) is 4.82. The molecular formula is C19H22BrNO5. The number of halogens is 1. The standard InChI is InChI=1S/C19H22BrNO5/c1-11(2)26-18-14(20)7-12(8-17(18)25-4)10-21-15-9-13(19(22)23)5-6-16(15)24-3/h5-9,11,21H,10H2,1-4H3,(H,22,23). The molecule has 0 saturated carbocycles. The smallest absolute Gasteiger partial charge is 0.335 e. The number of hydrogen-bond acceptors (Lipinski definition) is 5. The Hall–Kier alpha value is -2.41. The summed E-state index contributed by atoms with van der Waals surface area (Å²) in [6.07, 6.45) is 0.0206. The Labute approximate surface area is 161 Å². The Morgan fingerprint density at radius 3 is 2.42 bits per heavy atom. The second kappa shape index (κ2) is 8.80. The quantitative estimate of drug-likeness (QED) is 0.647. The molecule has 0 aliphatic carbocycles. The third-order valence-electron chi connectivity index (χ3n) is 3.57. The molecule has 2 N–H and O–H groups in total. The maximum absolute atomic E-state index is 11.2. The fourth-order valence-corrected chi connectivity index (χ4v) is 2.98. The molecule has 0 saturated heterocycles. The first kappa shape index (κ1) is 19.9. The maximum atomic E-state index is 11.2. The van der Waals surface area contributed by atoms with Crippen molar-refractivity contribution in [2.45, 2.75) is 26.5 Å². The average molecular weight is 424 g/mol. The van der Waals surface area contributed by atoms with E-state index in [2.05, 4.69) is 21.2 Å². The van der Waals surface area contributed by atoms with E-state index >= 15 is 0 Å². The van der Waals surface area contributed by atoms with Crippen LogP contribution in [0.1, 0.15) is 29.8 Å². The summed E-state index contributed by atoms with van der Waals surface area (Å²) in [4.78, 5) is 11.2. The molecule has 7 heteroatoms. The van der Waals surface area contributed by atoms with E-state index in [-0.39, 0.29) is 11.7 Å². The average Bonchev–Trinajstić information content (AvgIpc) is 2.61. The van der Waals surface area contributed by atoms with Crippen LogP contribution in [0, 0.1) is 0 Å². The summed E-state index contributed by atoms with van der Waals surface area (Å²) < 4.78 is 17.3. The van der Waals surface area contributed by atoms with Gasteiger partial charge in [0.1, 0.15) is 5.75 Å². The SMILES string of the molecule is COc1ccc(C(=O)O)cc1NCc1cc(Br)c(OC(C)C)c(OC)c1. The van der Waals surface area contributed by atoms with Gasteiger partial charge in [-0.3, -0.25) is 0 Å². The van der Waals surface area contributed by atoms with Crippen LogP contribution in [0.15, 0.2) is 34.8 Å². The van der Waals surface area contributed by atoms with Crippen LogP contribution in [0.4, 0.5) is 5.69 Å². The molecule has 0 unspecified atom stereocenters. The zero-order valence-corrected chi connectivity index (χ0v) is 16.7. The van der Waals surface area contributed by atoms with Gasteiger partial charge in [-0.25, -0.2) is 4.79 Å². The highest BCUT2D eigenvalue weighted by Gasteiger charge is 2.14. The lowest BCUT2D eigenvalue weighted by Gasteiger charge is -2.17. The highest BCUT2D eigenvalue weighted by molar-refractivity contribution is 9.10. The van der Waals surface area contributed by atoms with Crippen molar-refractivity contribution in [1.29, 1.82) is 0 Å². The number of nitrogens with one attached hydrogen (secondary N) is 1. The Morgan fingerprint density at radius 1 is 1.15 bits per heavy atom. The predicted molar refractivity (Wildman–Crippen MR) is 104 cm³/mol. The zero-order chi connectivity index (χ0) is 19.3. The zero-order valence-electron chi connectivity index (χ0n) is 15.1. The van der Waals surface area contributed by atoms with Gasteiger partial charge < -0.3 is 24.6 Å². The number of aromatic carboxylic acids is 1. The van der Waals surface area contributed by atoms with E-state index in [9.17, 15) is 4.79 Å². The van der Waals surface area contributed by atoms with Crippen LogP contribution < -0.4 is 19.5 Å². The second-order valence-corrected chi connectivity index (χ2v) is 6.70. The van der Waals surface area contributed by atoms with Crippen molar-refractivity contribution in [1.82, 2.24) is 0 Å². The normalized spacial score (nSPS) is 10.5. The number of methoxy groups -OCH3 is 2. The molecule has 0 radical (unpaired) electrons. The van der Waals surface area contributed by atoms with Gasteiger partial charge in [0.15, 0.2) is 11.5 Å². The summed E-state index contributed by atoms with van der Waals surface area (Å²) in [5.74, 6) is 0.851. The molecule has 0 aromatic heterocycles. The number of benzene rings is 2. The molecular weight excluding hydrogens is 402 g/mol. The van der Waals surface area contributed by atoms with Crippen LogP contribution in [-0.4, -0.2) is 31.4 Å². The summed E-state index contributed by atoms with van der Waals surface area (Å²) >= 11 is 3.52. The number of carboxylic acids is 1. The summed E-state index contributed by atoms with van der Waals surface area (Å²) in [6, 6.07) is 8.49. The molecule has 2 aromatic rings. The van der Waals surface area contributed by atoms with Gasteiger partial charge in [-0.2, -0.15) is 0 Å². The van der Waals surface area contributed by atoms with E-state index < -0.39 is 5.97 Å². The van der Waals surface area contributed by atoms with E-state index in [4.69, 9.17) is 19.3 Å². The minimum Gasteiger partial charge on any atom is -0.495 e. The molecule has 0 heterocycles. The lowest BCUT2D eigenvalue weighted by Crippen LogP contribution is -2.08. The van der Waals surface area contributed by atoms with E-state index in [1.807, 2.05) is 26.0 Å². The molecule has 26 heavy (non-hydrogen) atoms. The largest absolute Gasteiger partial charge is 0.495 e. The summed E-state index contributed by atoms with van der Waals surface area (Å²) in [7, 11) is 3.13. The Kier molecular flexibility index (Phi) is 6.74. The molecule has 140 valence electrons. The van der Waals surface area contributed by atoms with Crippen molar-refractivity contribution in [2.75, 3.05) is 19.5 Å². The van der Waals surface area contributed by atoms with Gasteiger partial charge in [0, 0.05) is 6.54 Å². The minimum atomic E-state index is -0.990. The highest BCUT2D eigenvalue weighted by atomic mass is 79.9. The number of rotatable bonds is 8. The molecule has 0 atom stereocenters. The van der Waals surface area contributed by atoms with Crippen LogP contribution in [-0.2, 0) is 6.54 Å². The van der Waals surface area contributed by atoms with Crippen molar-refractivity contribution in [3.05, 3.63) is 45.9 Å². The molecule has 0 fully saturated rings. The highest BCUT2D eigenvalue weighted by Crippen LogP contribution is 2.37. The lowest BCUT2D eigenvalue weighted by molar-refractivity contribution is 0.0697. The van der Waals surface area contributed by atoms with Crippen molar-refractivity contribution >= 4 is 27.6 Å². The minimum absolute atomic E-state index is 0.0206. The maximum Gasteiger partial charge on any atom is 0.335 e. The first-order valence-corrected chi connectivity index (χ1v) is 8.83. The monoisotopic (exact) mass is 423 g/mol. The first-order chi connectivity index (χ1) is 12.3. The third-order valence-corrected chi connectivity index (χ3v) is 4.16. The van der Waals surface area contributed by atoms with Crippen molar-refractivity contribution < 1.29 is 24.1 Å². The summed E-state index contributed by atoms with van der Waals surface area (Å²) in [6.45, 7) is 4.35. The lowest BCUT2D eigenvalue weighted by atomic mass is 10.1. The van der Waals surface area contributed by atoms with Crippen LogP contribution in [0.3, 0.4) is 0 Å². The van der Waals surface area contributed by atoms with Crippen LogP contribution in [0.25, 0.3) is 0 Å². The van der Waals surface area contributed by atoms with Crippen molar-refractivity contribution in [3.8, 4) is 17.2 Å². The number of carboxylic acid groups (broad SMARTS) is 1. The van der Waals surface area contributed by atoms with E-state index in [1.54, 1.807) is 26.4 Å². The van der Waals surface area contributed by atoms with Gasteiger partial charge in [-0.05, 0) is 65.7 Å². The Bertz CT molecular complexity index is 792. The van der Waals surface area contributed by atoms with Crippen LogP contribution >= 0.6 is 15.9 Å². The number of ether oxygens (including phenoxy) is 3. The topological polar surface area (TPSA) is 77.0 Å². The fourth-order valence-electron chi connectivity index (χ4n) is 2.40. The predicted octanol–water partition coefficient (Wildman–Crippen LogP) is 4.56. The Morgan fingerprint density at radius 2 is 1.85 bits per heavy atom. The van der Waals surface area contributed by atoms with Gasteiger partial charge >= 0.3 is 5.97 Å². The van der Waals surface area contributed by atoms with Crippen molar-refractivity contribution in [2.24, 2.45) is 0 Å². The fraction of sp³-hybridized carbons (Fsp3) is 0.316.